The minimum Gasteiger partial charge on any atom is -0.464 e. The minimum absolute atomic E-state index is 0.0295. The van der Waals surface area contributed by atoms with Crippen LogP contribution in [0.25, 0.3) is 0 Å². The number of hydrogen-bond acceptors (Lipinski definition) is 6. The van der Waals surface area contributed by atoms with Crippen molar-refractivity contribution in [2.45, 2.75) is 45.9 Å². The third-order valence-electron chi connectivity index (χ3n) is 4.00. The summed E-state index contributed by atoms with van der Waals surface area (Å²) in [6, 6.07) is 3.72. The molecule has 0 spiro atoms. The molecule has 1 aliphatic rings. The average molecular weight is 349 g/mol. The highest BCUT2D eigenvalue weighted by atomic mass is 16.6. The van der Waals surface area contributed by atoms with Crippen LogP contribution in [0.3, 0.4) is 0 Å². The molecule has 1 aromatic rings. The van der Waals surface area contributed by atoms with Gasteiger partial charge in [0.25, 0.3) is 0 Å². The van der Waals surface area contributed by atoms with Crippen LogP contribution in [-0.4, -0.2) is 65.2 Å². The largest absolute Gasteiger partial charge is 0.464 e. The van der Waals surface area contributed by atoms with Crippen molar-refractivity contribution < 1.29 is 19.1 Å². The summed E-state index contributed by atoms with van der Waals surface area (Å²) in [5.74, 6) is -0.434. The topological polar surface area (TPSA) is 72.0 Å². The Bertz CT molecular complexity index is 627. The molecule has 0 aromatic carbocycles. The SMILES string of the molecule is COC(=O)c1ncccc1CN1CCN(C(=O)OC(C)(C)C)C(C)C1. The molecular formula is C18H27N3O4. The Morgan fingerprint density at radius 2 is 2.04 bits per heavy atom. The molecule has 1 fully saturated rings. The van der Waals surface area contributed by atoms with Crippen molar-refractivity contribution in [2.75, 3.05) is 26.7 Å². The fourth-order valence-corrected chi connectivity index (χ4v) is 2.86. The highest BCUT2D eigenvalue weighted by Crippen LogP contribution is 2.18. The van der Waals surface area contributed by atoms with Gasteiger partial charge in [0.05, 0.1) is 7.11 Å². The Morgan fingerprint density at radius 3 is 2.64 bits per heavy atom. The second-order valence-electron chi connectivity index (χ2n) is 7.26. The Kier molecular flexibility index (Phi) is 6.00. The predicted octanol–water partition coefficient (Wildman–Crippen LogP) is 2.31. The van der Waals surface area contributed by atoms with Gasteiger partial charge in [0.2, 0.25) is 0 Å². The van der Waals surface area contributed by atoms with Gasteiger partial charge in [0.1, 0.15) is 5.60 Å². The zero-order valence-corrected chi connectivity index (χ0v) is 15.6. The van der Waals surface area contributed by atoms with Crippen LogP contribution in [0.2, 0.25) is 0 Å². The van der Waals surface area contributed by atoms with Crippen molar-refractivity contribution in [2.24, 2.45) is 0 Å². The number of rotatable bonds is 3. The molecule has 1 atom stereocenters. The van der Waals surface area contributed by atoms with Crippen LogP contribution in [0.1, 0.15) is 43.7 Å². The summed E-state index contributed by atoms with van der Waals surface area (Å²) >= 11 is 0. The molecule has 0 radical (unpaired) electrons. The summed E-state index contributed by atoms with van der Waals surface area (Å²) in [7, 11) is 1.35. The van der Waals surface area contributed by atoms with E-state index < -0.39 is 11.6 Å². The van der Waals surface area contributed by atoms with Crippen molar-refractivity contribution in [3.8, 4) is 0 Å². The summed E-state index contributed by atoms with van der Waals surface area (Å²) < 4.78 is 10.3. The molecule has 1 aliphatic heterocycles. The lowest BCUT2D eigenvalue weighted by atomic mass is 10.1. The first kappa shape index (κ1) is 19.2. The molecule has 138 valence electrons. The molecule has 0 aliphatic carbocycles. The van der Waals surface area contributed by atoms with E-state index in [0.717, 1.165) is 5.56 Å². The second kappa shape index (κ2) is 7.82. The first-order valence-electron chi connectivity index (χ1n) is 8.45. The molecule has 0 saturated carbocycles. The normalized spacial score (nSPS) is 18.8. The lowest BCUT2D eigenvalue weighted by Gasteiger charge is -2.40. The number of methoxy groups -OCH3 is 1. The molecule has 1 amide bonds. The summed E-state index contributed by atoms with van der Waals surface area (Å²) in [6.45, 7) is 10.2. The van der Waals surface area contributed by atoms with Gasteiger partial charge in [-0.25, -0.2) is 14.6 Å². The predicted molar refractivity (Wildman–Crippen MR) is 93.3 cm³/mol. The molecule has 0 N–H and O–H groups in total. The monoisotopic (exact) mass is 349 g/mol. The molecule has 2 rings (SSSR count). The Hall–Kier alpha value is -2.15. The van der Waals surface area contributed by atoms with E-state index in [0.29, 0.717) is 31.9 Å². The zero-order chi connectivity index (χ0) is 18.6. The van der Waals surface area contributed by atoms with Crippen LogP contribution in [0, 0.1) is 0 Å². The number of piperazine rings is 1. The van der Waals surface area contributed by atoms with Gasteiger partial charge in [-0.05, 0) is 39.3 Å². The lowest BCUT2D eigenvalue weighted by Crippen LogP contribution is -2.54. The molecule has 7 heteroatoms. The fourth-order valence-electron chi connectivity index (χ4n) is 2.86. The molecular weight excluding hydrogens is 322 g/mol. The van der Waals surface area contributed by atoms with Crippen LogP contribution in [0.15, 0.2) is 18.3 Å². The van der Waals surface area contributed by atoms with E-state index in [1.54, 1.807) is 11.1 Å². The van der Waals surface area contributed by atoms with Crippen LogP contribution >= 0.6 is 0 Å². The highest BCUT2D eigenvalue weighted by Gasteiger charge is 2.31. The van der Waals surface area contributed by atoms with Gasteiger partial charge in [-0.15, -0.1) is 0 Å². The van der Waals surface area contributed by atoms with E-state index in [1.165, 1.54) is 7.11 Å². The highest BCUT2D eigenvalue weighted by molar-refractivity contribution is 5.88. The molecule has 1 unspecified atom stereocenters. The maximum atomic E-state index is 12.3. The van der Waals surface area contributed by atoms with Gasteiger partial charge in [-0.2, -0.15) is 0 Å². The number of nitrogens with zero attached hydrogens (tertiary/aromatic N) is 3. The van der Waals surface area contributed by atoms with E-state index in [-0.39, 0.29) is 12.1 Å². The average Bonchev–Trinajstić information content (AvgIpc) is 2.53. The van der Waals surface area contributed by atoms with E-state index in [2.05, 4.69) is 9.88 Å². The van der Waals surface area contributed by atoms with E-state index in [9.17, 15) is 9.59 Å². The van der Waals surface area contributed by atoms with E-state index in [1.807, 2.05) is 39.8 Å². The summed E-state index contributed by atoms with van der Waals surface area (Å²) in [5, 5.41) is 0. The van der Waals surface area contributed by atoms with Gasteiger partial charge in [0, 0.05) is 38.4 Å². The van der Waals surface area contributed by atoms with Gasteiger partial charge in [0.15, 0.2) is 5.69 Å². The van der Waals surface area contributed by atoms with Crippen molar-refractivity contribution >= 4 is 12.1 Å². The fraction of sp³-hybridized carbons (Fsp3) is 0.611. The maximum absolute atomic E-state index is 12.3. The third kappa shape index (κ3) is 5.16. The van der Waals surface area contributed by atoms with Gasteiger partial charge < -0.3 is 14.4 Å². The minimum atomic E-state index is -0.501. The van der Waals surface area contributed by atoms with Crippen molar-refractivity contribution in [3.63, 3.8) is 0 Å². The first-order chi connectivity index (χ1) is 11.7. The summed E-state index contributed by atoms with van der Waals surface area (Å²) in [5.41, 5.74) is 0.665. The van der Waals surface area contributed by atoms with Gasteiger partial charge in [-0.3, -0.25) is 4.90 Å². The number of ether oxygens (including phenoxy) is 2. The van der Waals surface area contributed by atoms with E-state index >= 15 is 0 Å². The smallest absolute Gasteiger partial charge is 0.410 e. The molecule has 1 aromatic heterocycles. The number of carbonyl (C=O) groups excluding carboxylic acids is 2. The summed E-state index contributed by atoms with van der Waals surface area (Å²) in [6.07, 6.45) is 1.30. The first-order valence-corrected chi connectivity index (χ1v) is 8.45. The standard InChI is InChI=1S/C18H27N3O4/c1-13-11-20(9-10-21(13)17(23)25-18(2,3)4)12-14-7-6-8-19-15(14)16(22)24-5/h6-8,13H,9-12H2,1-5H3. The number of carbonyl (C=O) groups is 2. The van der Waals surface area contributed by atoms with Crippen LogP contribution in [-0.2, 0) is 16.0 Å². The quantitative estimate of drug-likeness (QED) is 0.780. The number of amides is 1. The third-order valence-corrected chi connectivity index (χ3v) is 4.00. The van der Waals surface area contributed by atoms with Gasteiger partial charge >= 0.3 is 12.1 Å². The zero-order valence-electron chi connectivity index (χ0n) is 15.6. The number of aromatic nitrogens is 1. The number of pyridine rings is 1. The van der Waals surface area contributed by atoms with E-state index in [4.69, 9.17) is 9.47 Å². The van der Waals surface area contributed by atoms with Crippen molar-refractivity contribution in [1.82, 2.24) is 14.8 Å². The molecule has 7 nitrogen and oxygen atoms in total. The van der Waals surface area contributed by atoms with Crippen molar-refractivity contribution in [3.05, 3.63) is 29.6 Å². The van der Waals surface area contributed by atoms with Crippen LogP contribution in [0.5, 0.6) is 0 Å². The van der Waals surface area contributed by atoms with Crippen LogP contribution in [0.4, 0.5) is 4.79 Å². The number of hydrogen-bond donors (Lipinski definition) is 0. The molecule has 0 bridgehead atoms. The number of esters is 1. The Labute approximate surface area is 148 Å². The lowest BCUT2D eigenvalue weighted by molar-refractivity contribution is 0.000533. The van der Waals surface area contributed by atoms with Crippen LogP contribution < -0.4 is 0 Å². The second-order valence-corrected chi connectivity index (χ2v) is 7.26. The summed E-state index contributed by atoms with van der Waals surface area (Å²) in [4.78, 5) is 32.2. The Morgan fingerprint density at radius 1 is 1.32 bits per heavy atom. The Balaban J connectivity index is 2.00. The molecule has 1 saturated heterocycles. The maximum Gasteiger partial charge on any atom is 0.410 e. The molecule has 2 heterocycles. The van der Waals surface area contributed by atoms with Crippen molar-refractivity contribution in [1.29, 1.82) is 0 Å². The molecule has 25 heavy (non-hydrogen) atoms. The van der Waals surface area contributed by atoms with Gasteiger partial charge in [-0.1, -0.05) is 6.07 Å².